The molecule has 0 rings (SSSR count). The van der Waals surface area contributed by atoms with E-state index in [1.807, 2.05) is 0 Å². The van der Waals surface area contributed by atoms with Gasteiger partial charge < -0.3 is 9.93 Å². The Balaban J connectivity index is 0. The first-order valence-electron chi connectivity index (χ1n) is 0.714. The van der Waals surface area contributed by atoms with E-state index in [4.69, 9.17) is 14.4 Å². The van der Waals surface area contributed by atoms with Gasteiger partial charge in [0.15, 0.2) is 0 Å². The van der Waals surface area contributed by atoms with Gasteiger partial charge in [-0.3, -0.25) is 0 Å². The second-order valence-electron chi connectivity index (χ2n) is 0.298. The maximum absolute atomic E-state index is 8.87. The Morgan fingerprint density at radius 2 is 1.67 bits per heavy atom. The van der Waals surface area contributed by atoms with Gasteiger partial charge in [0, 0.05) is 0 Å². The molecular weight excluding hydrogens is 118 g/mol. The van der Waals surface area contributed by atoms with Gasteiger partial charge in [-0.05, 0) is 0 Å². The van der Waals surface area contributed by atoms with Crippen LogP contribution in [0.5, 0.6) is 0 Å². The molecule has 6 heavy (non-hydrogen) atoms. The molecule has 0 aliphatic rings. The van der Waals surface area contributed by atoms with Gasteiger partial charge in [0.1, 0.15) is 0 Å². The minimum absolute atomic E-state index is 0. The molecule has 0 aromatic carbocycles. The first kappa shape index (κ1) is 9.94. The fraction of sp³-hybridized carbons (Fsp3) is 0. The van der Waals surface area contributed by atoms with Crippen molar-refractivity contribution in [2.45, 2.75) is 0 Å². The van der Waals surface area contributed by atoms with Crippen molar-refractivity contribution in [1.82, 2.24) is 0 Å². The summed E-state index contributed by atoms with van der Waals surface area (Å²) in [6.07, 6.45) is 0. The zero-order valence-electron chi connectivity index (χ0n) is 3.08. The molecule has 0 radical (unpaired) electrons. The molecule has 0 unspecified atom stereocenters. The van der Waals surface area contributed by atoms with Crippen molar-refractivity contribution in [3.8, 4) is 0 Å². The molecule has 0 bridgehead atoms. The maximum Gasteiger partial charge on any atom is 1.00 e. The molecule has 30 valence electrons. The predicted octanol–water partition coefficient (Wildman–Crippen LogP) is -3.63. The summed E-state index contributed by atoms with van der Waals surface area (Å²) >= 11 is 0. The largest absolute Gasteiger partial charge is 1.00 e. The minimum atomic E-state index is -3.15. The molecule has 0 aliphatic heterocycles. The number of hydrogen-bond donors (Lipinski definition) is 0. The van der Waals surface area contributed by atoms with Crippen LogP contribution in [0.2, 0.25) is 0 Å². The van der Waals surface area contributed by atoms with E-state index in [9.17, 15) is 0 Å². The van der Waals surface area contributed by atoms with Crippen LogP contribution in [0.1, 0.15) is 0 Å². The molecule has 0 amide bonds. The van der Waals surface area contributed by atoms with Crippen molar-refractivity contribution in [3.05, 3.63) is 0 Å². The van der Waals surface area contributed by atoms with E-state index in [1.165, 1.54) is 0 Å². The summed E-state index contributed by atoms with van der Waals surface area (Å²) in [7, 11) is -3.15. The summed E-state index contributed by atoms with van der Waals surface area (Å²) in [4.78, 5) is 0. The van der Waals surface area contributed by atoms with Crippen molar-refractivity contribution in [2.75, 3.05) is 0 Å². The first-order chi connectivity index (χ1) is 2.27. The quantitative estimate of drug-likeness (QED) is 0.154. The average Bonchev–Trinajstić information content (AvgIpc) is 1.38. The molecule has 0 N–H and O–H groups in total. The van der Waals surface area contributed by atoms with Crippen molar-refractivity contribution in [2.24, 2.45) is 0 Å². The Labute approximate surface area is 56.6 Å². The molecule has 0 saturated carbocycles. The van der Waals surface area contributed by atoms with E-state index in [0.29, 0.717) is 0 Å². The van der Waals surface area contributed by atoms with Crippen molar-refractivity contribution in [1.29, 1.82) is 0 Å². The standard InChI is InChI=1S/Na.HO4P/c;1-4-5(2)3/h;1H/q+1;/p-1. The maximum atomic E-state index is 8.87. The number of hydrogen-bond acceptors (Lipinski definition) is 4. The summed E-state index contributed by atoms with van der Waals surface area (Å²) in [5.74, 6) is 0. The molecular formula is NaO4P. The van der Waals surface area contributed by atoms with Gasteiger partial charge in [0.25, 0.3) is 0 Å². The Morgan fingerprint density at radius 1 is 1.50 bits per heavy atom. The van der Waals surface area contributed by atoms with Crippen LogP contribution in [0.25, 0.3) is 0 Å². The average molecular weight is 118 g/mol. The number of rotatable bonds is 1. The summed E-state index contributed by atoms with van der Waals surface area (Å²) in [6, 6.07) is 0. The first-order valence-corrected chi connectivity index (χ1v) is 1.81. The molecule has 4 nitrogen and oxygen atoms in total. The second kappa shape index (κ2) is 5.82. The van der Waals surface area contributed by atoms with E-state index >= 15 is 0 Å². The summed E-state index contributed by atoms with van der Waals surface area (Å²) in [5, 5.41) is 8.53. The molecule has 0 spiro atoms. The Morgan fingerprint density at radius 3 is 1.67 bits per heavy atom. The summed E-state index contributed by atoms with van der Waals surface area (Å²) in [5.41, 5.74) is 0. The van der Waals surface area contributed by atoms with Crippen LogP contribution in [0.4, 0.5) is 0 Å². The molecule has 0 aliphatic carbocycles. The second-order valence-corrected chi connectivity index (χ2v) is 0.894. The van der Waals surface area contributed by atoms with Gasteiger partial charge in [-0.2, -0.15) is 0 Å². The third-order valence-electron chi connectivity index (χ3n) is 0.0609. The SMILES string of the molecule is O=P(=O)O[O-].[Na+]. The fourth-order valence-electron chi connectivity index (χ4n) is 0. The van der Waals surface area contributed by atoms with E-state index < -0.39 is 7.91 Å². The third-order valence-corrected chi connectivity index (χ3v) is 0.183. The Bertz CT molecular complexity index is 65.6. The Hall–Kier alpha value is 0.820. The smallest absolute Gasteiger partial charge is 0.710 e. The zero-order chi connectivity index (χ0) is 4.28. The monoisotopic (exact) mass is 118 g/mol. The van der Waals surface area contributed by atoms with Crippen molar-refractivity contribution < 1.29 is 48.6 Å². The van der Waals surface area contributed by atoms with Crippen LogP contribution in [0.3, 0.4) is 0 Å². The van der Waals surface area contributed by atoms with E-state index in [0.717, 1.165) is 0 Å². The Kier molecular flexibility index (Phi) is 9.65. The van der Waals surface area contributed by atoms with Crippen molar-refractivity contribution in [3.63, 3.8) is 0 Å². The van der Waals surface area contributed by atoms with Crippen LogP contribution in [0.15, 0.2) is 0 Å². The third kappa shape index (κ3) is 8.84. The molecule has 0 atom stereocenters. The summed E-state index contributed by atoms with van der Waals surface area (Å²) < 4.78 is 20.2. The minimum Gasteiger partial charge on any atom is -0.710 e. The topological polar surface area (TPSA) is 66.4 Å². The van der Waals surface area contributed by atoms with Gasteiger partial charge in [-0.15, -0.1) is 0 Å². The van der Waals surface area contributed by atoms with Gasteiger partial charge in [-0.25, -0.2) is 9.13 Å². The van der Waals surface area contributed by atoms with Crippen LogP contribution < -0.4 is 34.8 Å². The van der Waals surface area contributed by atoms with Crippen LogP contribution in [0, 0.1) is 0 Å². The van der Waals surface area contributed by atoms with Gasteiger partial charge >= 0.3 is 37.5 Å². The van der Waals surface area contributed by atoms with E-state index in [2.05, 4.69) is 4.67 Å². The van der Waals surface area contributed by atoms with Crippen LogP contribution in [-0.4, -0.2) is 0 Å². The molecule has 0 fully saturated rings. The van der Waals surface area contributed by atoms with Crippen LogP contribution >= 0.6 is 7.91 Å². The molecule has 0 aromatic rings. The van der Waals surface area contributed by atoms with Gasteiger partial charge in [0.2, 0.25) is 0 Å². The van der Waals surface area contributed by atoms with E-state index in [-0.39, 0.29) is 29.6 Å². The normalized spacial score (nSPS) is 6.17. The van der Waals surface area contributed by atoms with Crippen LogP contribution in [-0.2, 0) is 13.8 Å². The summed E-state index contributed by atoms with van der Waals surface area (Å²) in [6.45, 7) is 0. The molecule has 0 saturated heterocycles. The zero-order valence-corrected chi connectivity index (χ0v) is 5.97. The molecule has 0 heterocycles. The molecule has 6 heteroatoms. The van der Waals surface area contributed by atoms with Crippen molar-refractivity contribution >= 4 is 7.91 Å². The fourth-order valence-corrected chi connectivity index (χ4v) is 0. The van der Waals surface area contributed by atoms with Gasteiger partial charge in [-0.1, -0.05) is 0 Å². The predicted molar refractivity (Wildman–Crippen MR) is 9.38 cm³/mol. The van der Waals surface area contributed by atoms with Gasteiger partial charge in [0.05, 0.1) is 0 Å². The molecule has 0 aromatic heterocycles. The van der Waals surface area contributed by atoms with E-state index in [1.54, 1.807) is 0 Å².